The van der Waals surface area contributed by atoms with Gasteiger partial charge in [-0.15, -0.1) is 0 Å². The lowest BCUT2D eigenvalue weighted by Crippen LogP contribution is -2.32. The molecule has 0 saturated heterocycles. The first-order chi connectivity index (χ1) is 9.30. The van der Waals surface area contributed by atoms with Crippen molar-refractivity contribution in [2.24, 2.45) is 0 Å². The Bertz CT molecular complexity index is 369. The number of hydrogen-bond acceptors (Lipinski definition) is 7. The molecule has 0 aromatic rings. The largest absolute Gasteiger partial charge is 0.490 e. The van der Waals surface area contributed by atoms with Crippen molar-refractivity contribution in [1.29, 1.82) is 0 Å². The van der Waals surface area contributed by atoms with E-state index in [9.17, 15) is 15.0 Å². The minimum absolute atomic E-state index is 0.0580. The van der Waals surface area contributed by atoms with Crippen LogP contribution in [0.2, 0.25) is 0 Å². The van der Waals surface area contributed by atoms with Crippen LogP contribution in [0.25, 0.3) is 0 Å². The third-order valence-corrected chi connectivity index (χ3v) is 2.47. The Hall–Kier alpha value is -1.31. The Morgan fingerprint density at radius 1 is 1.40 bits per heavy atom. The third kappa shape index (κ3) is 4.36. The zero-order valence-electron chi connectivity index (χ0n) is 12.0. The lowest BCUT2D eigenvalue weighted by atomic mass is 10.1. The summed E-state index contributed by atoms with van der Waals surface area (Å²) in [6.07, 6.45) is -1.68. The van der Waals surface area contributed by atoms with Gasteiger partial charge in [0.2, 0.25) is 5.76 Å². The highest BCUT2D eigenvalue weighted by Gasteiger charge is 2.42. The van der Waals surface area contributed by atoms with E-state index in [1.807, 2.05) is 6.92 Å². The molecule has 0 aromatic heterocycles. The second kappa shape index (κ2) is 6.92. The fourth-order valence-electron chi connectivity index (χ4n) is 1.54. The van der Waals surface area contributed by atoms with E-state index in [0.717, 1.165) is 0 Å². The smallest absolute Gasteiger partial charge is 0.378 e. The molecule has 1 rings (SSSR count). The van der Waals surface area contributed by atoms with Crippen molar-refractivity contribution in [2.75, 3.05) is 19.8 Å². The second-order valence-electron chi connectivity index (χ2n) is 5.22. The van der Waals surface area contributed by atoms with Gasteiger partial charge in [0.25, 0.3) is 0 Å². The first kappa shape index (κ1) is 16.7. The molecular weight excluding hydrogens is 268 g/mol. The van der Waals surface area contributed by atoms with Crippen LogP contribution in [0.5, 0.6) is 0 Å². The van der Waals surface area contributed by atoms with E-state index >= 15 is 0 Å². The minimum Gasteiger partial charge on any atom is -0.490 e. The summed E-state index contributed by atoms with van der Waals surface area (Å²) in [5, 5.41) is 28.2. The third-order valence-electron chi connectivity index (χ3n) is 2.47. The highest BCUT2D eigenvalue weighted by Crippen LogP contribution is 2.28. The number of cyclic esters (lactones) is 1. The van der Waals surface area contributed by atoms with Crippen LogP contribution in [0.15, 0.2) is 11.5 Å². The number of rotatable bonds is 8. The van der Waals surface area contributed by atoms with Gasteiger partial charge in [0, 0.05) is 0 Å². The zero-order valence-corrected chi connectivity index (χ0v) is 12.0. The quantitative estimate of drug-likeness (QED) is 0.527. The molecule has 20 heavy (non-hydrogen) atoms. The van der Waals surface area contributed by atoms with Crippen LogP contribution in [-0.2, 0) is 19.0 Å². The van der Waals surface area contributed by atoms with Gasteiger partial charge in [0.05, 0.1) is 18.8 Å². The lowest BCUT2D eigenvalue weighted by Gasteiger charge is -2.19. The fraction of sp³-hybridized carbons (Fsp3) is 0.769. The number of carbonyl (C=O) groups excluding carboxylic acids is 1. The normalized spacial score (nSPS) is 20.9. The minimum atomic E-state index is -1.28. The van der Waals surface area contributed by atoms with Crippen LogP contribution >= 0.6 is 0 Å². The van der Waals surface area contributed by atoms with Gasteiger partial charge in [0.15, 0.2) is 11.9 Å². The summed E-state index contributed by atoms with van der Waals surface area (Å²) in [4.78, 5) is 11.7. The average Bonchev–Trinajstić information content (AvgIpc) is 2.68. The molecule has 7 nitrogen and oxygen atoms in total. The first-order valence-corrected chi connectivity index (χ1v) is 6.52. The molecule has 7 heteroatoms. The average molecular weight is 290 g/mol. The molecule has 0 unspecified atom stereocenters. The van der Waals surface area contributed by atoms with Gasteiger partial charge in [-0.2, -0.15) is 0 Å². The van der Waals surface area contributed by atoms with E-state index in [2.05, 4.69) is 0 Å². The van der Waals surface area contributed by atoms with Gasteiger partial charge < -0.3 is 29.5 Å². The van der Waals surface area contributed by atoms with Gasteiger partial charge in [-0.05, 0) is 20.3 Å². The second-order valence-corrected chi connectivity index (χ2v) is 5.22. The van der Waals surface area contributed by atoms with Crippen molar-refractivity contribution in [3.63, 3.8) is 0 Å². The van der Waals surface area contributed by atoms with Crippen molar-refractivity contribution in [3.8, 4) is 0 Å². The molecule has 0 spiro atoms. The molecule has 0 bridgehead atoms. The van der Waals surface area contributed by atoms with Crippen molar-refractivity contribution in [3.05, 3.63) is 11.5 Å². The SMILES string of the molecule is CCCOC1=C(OCC(C)(C)O)C(=O)O[C@@H]1[C@@H](O)CO. The summed E-state index contributed by atoms with van der Waals surface area (Å²) in [6, 6.07) is 0. The molecule has 0 amide bonds. The van der Waals surface area contributed by atoms with Crippen molar-refractivity contribution < 1.29 is 34.3 Å². The summed E-state index contributed by atoms with van der Waals surface area (Å²) in [5.74, 6) is -0.890. The van der Waals surface area contributed by atoms with Gasteiger partial charge in [-0.25, -0.2) is 4.79 Å². The highest BCUT2D eigenvalue weighted by atomic mass is 16.6. The zero-order chi connectivity index (χ0) is 15.3. The van der Waals surface area contributed by atoms with Gasteiger partial charge in [0.1, 0.15) is 12.7 Å². The first-order valence-electron chi connectivity index (χ1n) is 6.52. The molecule has 116 valence electrons. The van der Waals surface area contributed by atoms with E-state index in [1.165, 1.54) is 13.8 Å². The Morgan fingerprint density at radius 2 is 2.05 bits per heavy atom. The van der Waals surface area contributed by atoms with Crippen molar-refractivity contribution in [1.82, 2.24) is 0 Å². The Balaban J connectivity index is 2.92. The van der Waals surface area contributed by atoms with E-state index < -0.39 is 30.4 Å². The number of esters is 1. The van der Waals surface area contributed by atoms with Crippen molar-refractivity contribution >= 4 is 5.97 Å². The maximum Gasteiger partial charge on any atom is 0.378 e. The molecule has 1 heterocycles. The maximum absolute atomic E-state index is 11.7. The lowest BCUT2D eigenvalue weighted by molar-refractivity contribution is -0.149. The molecule has 2 atom stereocenters. The van der Waals surface area contributed by atoms with Gasteiger partial charge in [-0.3, -0.25) is 0 Å². The molecule has 0 aliphatic carbocycles. The van der Waals surface area contributed by atoms with E-state index in [1.54, 1.807) is 0 Å². The van der Waals surface area contributed by atoms with Crippen LogP contribution in [0.1, 0.15) is 27.2 Å². The number of aliphatic hydroxyl groups excluding tert-OH is 2. The molecule has 0 radical (unpaired) electrons. The standard InChI is InChI=1S/C13H22O7/c1-4-5-18-10-9(8(15)6-14)20-12(16)11(10)19-7-13(2,3)17/h8-9,14-15,17H,4-7H2,1-3H3/t8-,9+/m0/s1. The summed E-state index contributed by atoms with van der Waals surface area (Å²) < 4.78 is 15.6. The number of ether oxygens (including phenoxy) is 3. The van der Waals surface area contributed by atoms with E-state index in [-0.39, 0.29) is 18.1 Å². The highest BCUT2D eigenvalue weighted by molar-refractivity contribution is 5.89. The predicted octanol–water partition coefficient (Wildman–Crippen LogP) is -0.309. The summed E-state index contributed by atoms with van der Waals surface area (Å²) in [6.45, 7) is 4.55. The molecule has 0 fully saturated rings. The van der Waals surface area contributed by atoms with Crippen LogP contribution < -0.4 is 0 Å². The maximum atomic E-state index is 11.7. The molecule has 1 aliphatic rings. The van der Waals surface area contributed by atoms with Gasteiger partial charge >= 0.3 is 5.97 Å². The van der Waals surface area contributed by atoms with Crippen LogP contribution in [0, 0.1) is 0 Å². The van der Waals surface area contributed by atoms with Crippen LogP contribution in [0.3, 0.4) is 0 Å². The molecule has 3 N–H and O–H groups in total. The number of hydrogen-bond donors (Lipinski definition) is 3. The van der Waals surface area contributed by atoms with Gasteiger partial charge in [-0.1, -0.05) is 6.92 Å². The van der Waals surface area contributed by atoms with Crippen LogP contribution in [-0.4, -0.2) is 58.9 Å². The summed E-state index contributed by atoms with van der Waals surface area (Å²) in [5.41, 5.74) is -1.13. The molecule has 0 aromatic carbocycles. The number of aliphatic hydroxyl groups is 3. The molecule has 1 aliphatic heterocycles. The summed E-state index contributed by atoms with van der Waals surface area (Å²) >= 11 is 0. The molecule has 0 saturated carbocycles. The topological polar surface area (TPSA) is 105 Å². The van der Waals surface area contributed by atoms with Crippen LogP contribution in [0.4, 0.5) is 0 Å². The summed E-state index contributed by atoms with van der Waals surface area (Å²) in [7, 11) is 0. The molecular formula is C13H22O7. The fourth-order valence-corrected chi connectivity index (χ4v) is 1.54. The van der Waals surface area contributed by atoms with E-state index in [0.29, 0.717) is 13.0 Å². The predicted molar refractivity (Wildman–Crippen MR) is 68.5 cm³/mol. The monoisotopic (exact) mass is 290 g/mol. The Kier molecular flexibility index (Phi) is 5.79. The Morgan fingerprint density at radius 3 is 2.55 bits per heavy atom. The number of carbonyl (C=O) groups is 1. The van der Waals surface area contributed by atoms with Crippen molar-refractivity contribution in [2.45, 2.75) is 45.0 Å². The Labute approximate surface area is 117 Å². The van der Waals surface area contributed by atoms with E-state index in [4.69, 9.17) is 19.3 Å².